The van der Waals surface area contributed by atoms with Crippen molar-refractivity contribution in [3.63, 3.8) is 0 Å². The number of benzene rings is 1. The summed E-state index contributed by atoms with van der Waals surface area (Å²) < 4.78 is 18.5. The minimum atomic E-state index is -0.207. The van der Waals surface area contributed by atoms with Crippen LogP contribution in [0.3, 0.4) is 0 Å². The zero-order valence-corrected chi connectivity index (χ0v) is 15.5. The molecule has 0 amide bonds. The molecule has 124 valence electrons. The van der Waals surface area contributed by atoms with Gasteiger partial charge in [-0.05, 0) is 37.5 Å². The summed E-state index contributed by atoms with van der Waals surface area (Å²) >= 11 is 0. The lowest BCUT2D eigenvalue weighted by Gasteiger charge is -2.34. The molecular formula is C16H25FIN3O. The van der Waals surface area contributed by atoms with Crippen LogP contribution < -0.4 is 5.32 Å². The number of likely N-dealkylation sites (tertiary alicyclic amines) is 1. The zero-order chi connectivity index (χ0) is 15.1. The number of guanidine groups is 1. The molecule has 1 aliphatic rings. The second-order valence-electron chi connectivity index (χ2n) is 5.17. The van der Waals surface area contributed by atoms with E-state index < -0.39 is 0 Å². The number of aliphatic imine (C=N–C) groups is 1. The summed E-state index contributed by atoms with van der Waals surface area (Å²) in [5.41, 5.74) is 1.04. The van der Waals surface area contributed by atoms with Gasteiger partial charge in [0.25, 0.3) is 0 Å². The van der Waals surface area contributed by atoms with Crippen molar-refractivity contribution in [1.82, 2.24) is 10.2 Å². The Morgan fingerprint density at radius 1 is 1.32 bits per heavy atom. The number of rotatable bonds is 4. The lowest BCUT2D eigenvalue weighted by molar-refractivity contribution is 0.0263. The molecule has 1 aromatic rings. The minimum Gasteiger partial charge on any atom is -0.378 e. The van der Waals surface area contributed by atoms with Gasteiger partial charge in [-0.2, -0.15) is 0 Å². The highest BCUT2D eigenvalue weighted by Crippen LogP contribution is 2.13. The number of ether oxygens (including phenoxy) is 1. The summed E-state index contributed by atoms with van der Waals surface area (Å²) in [6, 6.07) is 6.54. The lowest BCUT2D eigenvalue weighted by Crippen LogP contribution is -2.46. The molecule has 1 aromatic carbocycles. The molecule has 2 rings (SSSR count). The van der Waals surface area contributed by atoms with E-state index in [4.69, 9.17) is 4.74 Å². The van der Waals surface area contributed by atoms with E-state index in [9.17, 15) is 4.39 Å². The molecule has 0 radical (unpaired) electrons. The van der Waals surface area contributed by atoms with Crippen molar-refractivity contribution in [2.45, 2.75) is 32.4 Å². The standard InChI is InChI=1S/C16H24FN3O.HI/c1-3-21-15-8-10-20(11-9-15)16(18-2)19-12-13-4-6-14(17)7-5-13;/h4-7,15H,3,8-12H2,1-2H3,(H,18,19);1H. The third-order valence-corrected chi connectivity index (χ3v) is 3.72. The first kappa shape index (κ1) is 19.2. The molecule has 4 nitrogen and oxygen atoms in total. The van der Waals surface area contributed by atoms with Crippen molar-refractivity contribution >= 4 is 29.9 Å². The number of hydrogen-bond acceptors (Lipinski definition) is 2. The number of hydrogen-bond donors (Lipinski definition) is 1. The molecule has 1 saturated heterocycles. The molecule has 0 atom stereocenters. The second-order valence-corrected chi connectivity index (χ2v) is 5.17. The van der Waals surface area contributed by atoms with Crippen molar-refractivity contribution in [3.05, 3.63) is 35.6 Å². The fraction of sp³-hybridized carbons (Fsp3) is 0.562. The maximum atomic E-state index is 12.9. The van der Waals surface area contributed by atoms with Crippen molar-refractivity contribution in [2.24, 2.45) is 4.99 Å². The van der Waals surface area contributed by atoms with Crippen LogP contribution in [0.2, 0.25) is 0 Å². The quantitative estimate of drug-likeness (QED) is 0.462. The molecular weight excluding hydrogens is 396 g/mol. The number of nitrogens with one attached hydrogen (secondary N) is 1. The van der Waals surface area contributed by atoms with E-state index >= 15 is 0 Å². The number of nitrogens with zero attached hydrogens (tertiary/aromatic N) is 2. The van der Waals surface area contributed by atoms with Crippen molar-refractivity contribution in [2.75, 3.05) is 26.7 Å². The molecule has 1 N–H and O–H groups in total. The molecule has 1 fully saturated rings. The van der Waals surface area contributed by atoms with Crippen LogP contribution in [-0.2, 0) is 11.3 Å². The highest BCUT2D eigenvalue weighted by Gasteiger charge is 2.21. The fourth-order valence-corrected chi connectivity index (χ4v) is 2.59. The van der Waals surface area contributed by atoms with Crippen molar-refractivity contribution in [1.29, 1.82) is 0 Å². The molecule has 0 saturated carbocycles. The number of piperidine rings is 1. The SMILES string of the molecule is CCOC1CCN(C(=NC)NCc2ccc(F)cc2)CC1.I. The van der Waals surface area contributed by atoms with Gasteiger partial charge >= 0.3 is 0 Å². The summed E-state index contributed by atoms with van der Waals surface area (Å²) in [7, 11) is 1.79. The summed E-state index contributed by atoms with van der Waals surface area (Å²) in [5.74, 6) is 0.690. The second kappa shape index (κ2) is 9.99. The smallest absolute Gasteiger partial charge is 0.193 e. The third-order valence-electron chi connectivity index (χ3n) is 3.72. The van der Waals surface area contributed by atoms with Crippen LogP contribution in [0, 0.1) is 5.82 Å². The molecule has 0 spiro atoms. The minimum absolute atomic E-state index is 0. The van der Waals surface area contributed by atoms with Gasteiger partial charge in [0, 0.05) is 33.3 Å². The van der Waals surface area contributed by atoms with Gasteiger partial charge in [-0.15, -0.1) is 24.0 Å². The monoisotopic (exact) mass is 421 g/mol. The highest BCUT2D eigenvalue weighted by molar-refractivity contribution is 14.0. The predicted octanol–water partition coefficient (Wildman–Crippen LogP) is 3.02. The number of halogens is 2. The largest absolute Gasteiger partial charge is 0.378 e. The van der Waals surface area contributed by atoms with Gasteiger partial charge in [0.05, 0.1) is 6.10 Å². The van der Waals surface area contributed by atoms with E-state index in [0.717, 1.165) is 44.1 Å². The van der Waals surface area contributed by atoms with E-state index in [2.05, 4.69) is 15.2 Å². The van der Waals surface area contributed by atoms with E-state index in [0.29, 0.717) is 12.6 Å². The van der Waals surface area contributed by atoms with Crippen LogP contribution in [0.1, 0.15) is 25.3 Å². The van der Waals surface area contributed by atoms with Gasteiger partial charge in [-0.1, -0.05) is 12.1 Å². The van der Waals surface area contributed by atoms with Crippen molar-refractivity contribution in [3.8, 4) is 0 Å². The first-order valence-electron chi connectivity index (χ1n) is 7.54. The third kappa shape index (κ3) is 5.72. The van der Waals surface area contributed by atoms with Gasteiger partial charge in [-0.25, -0.2) is 4.39 Å². The first-order chi connectivity index (χ1) is 10.2. The predicted molar refractivity (Wildman–Crippen MR) is 98.2 cm³/mol. The normalized spacial score (nSPS) is 16.3. The van der Waals surface area contributed by atoms with Gasteiger partial charge in [0.1, 0.15) is 5.82 Å². The van der Waals surface area contributed by atoms with Gasteiger partial charge < -0.3 is 15.0 Å². The van der Waals surface area contributed by atoms with Crippen LogP contribution in [0.5, 0.6) is 0 Å². The van der Waals surface area contributed by atoms with E-state index in [1.165, 1.54) is 12.1 Å². The van der Waals surface area contributed by atoms with Crippen LogP contribution in [0.15, 0.2) is 29.3 Å². The first-order valence-corrected chi connectivity index (χ1v) is 7.54. The summed E-state index contributed by atoms with van der Waals surface area (Å²) in [4.78, 5) is 6.58. The molecule has 6 heteroatoms. The van der Waals surface area contributed by atoms with E-state index in [1.807, 2.05) is 6.92 Å². The summed E-state index contributed by atoms with van der Waals surface area (Å²) in [5, 5.41) is 3.33. The summed E-state index contributed by atoms with van der Waals surface area (Å²) in [6.45, 7) is 5.37. The average molecular weight is 421 g/mol. The van der Waals surface area contributed by atoms with Gasteiger partial charge in [0.2, 0.25) is 0 Å². The van der Waals surface area contributed by atoms with Gasteiger partial charge in [-0.3, -0.25) is 4.99 Å². The van der Waals surface area contributed by atoms with Crippen LogP contribution >= 0.6 is 24.0 Å². The Balaban J connectivity index is 0.00000242. The Labute approximate surface area is 149 Å². The summed E-state index contributed by atoms with van der Waals surface area (Å²) in [6.07, 6.45) is 2.44. The maximum absolute atomic E-state index is 12.9. The molecule has 0 unspecified atom stereocenters. The fourth-order valence-electron chi connectivity index (χ4n) is 2.59. The zero-order valence-electron chi connectivity index (χ0n) is 13.2. The Bertz CT molecular complexity index is 459. The van der Waals surface area contributed by atoms with Crippen LogP contribution in [0.4, 0.5) is 4.39 Å². The van der Waals surface area contributed by atoms with Gasteiger partial charge in [0.15, 0.2) is 5.96 Å². The van der Waals surface area contributed by atoms with E-state index in [1.54, 1.807) is 19.2 Å². The van der Waals surface area contributed by atoms with E-state index in [-0.39, 0.29) is 29.8 Å². The molecule has 0 aromatic heterocycles. The van der Waals surface area contributed by atoms with Crippen molar-refractivity contribution < 1.29 is 9.13 Å². The van der Waals surface area contributed by atoms with Crippen LogP contribution in [0.25, 0.3) is 0 Å². The Morgan fingerprint density at radius 2 is 1.95 bits per heavy atom. The highest BCUT2D eigenvalue weighted by atomic mass is 127. The molecule has 1 heterocycles. The molecule has 0 aliphatic carbocycles. The Morgan fingerprint density at radius 3 is 2.50 bits per heavy atom. The topological polar surface area (TPSA) is 36.9 Å². The molecule has 22 heavy (non-hydrogen) atoms. The molecule has 1 aliphatic heterocycles. The average Bonchev–Trinajstić information content (AvgIpc) is 2.51. The maximum Gasteiger partial charge on any atom is 0.193 e. The lowest BCUT2D eigenvalue weighted by atomic mass is 10.1. The Hall–Kier alpha value is -0.890. The molecule has 0 bridgehead atoms. The Kier molecular flexibility index (Phi) is 8.70. The van der Waals surface area contributed by atoms with Crippen LogP contribution in [-0.4, -0.2) is 43.7 Å².